The van der Waals surface area contributed by atoms with Crippen LogP contribution in [0.2, 0.25) is 0 Å². The van der Waals surface area contributed by atoms with Crippen molar-refractivity contribution in [3.8, 4) is 0 Å². The first kappa shape index (κ1) is 13.9. The van der Waals surface area contributed by atoms with Gasteiger partial charge in [0.2, 0.25) is 0 Å². The molecular formula is C11H12F5N. The SMILES string of the molecule is CC(N)C(F)(F)Cc1ccc(C(F)(F)F)cc1. The van der Waals surface area contributed by atoms with Crippen LogP contribution in [0.15, 0.2) is 24.3 Å². The maximum atomic E-state index is 13.2. The Labute approximate surface area is 95.4 Å². The van der Waals surface area contributed by atoms with E-state index in [1.54, 1.807) is 0 Å². The van der Waals surface area contributed by atoms with Gasteiger partial charge in [-0.3, -0.25) is 0 Å². The number of nitrogens with two attached hydrogens (primary N) is 1. The van der Waals surface area contributed by atoms with Crippen LogP contribution in [-0.2, 0) is 12.6 Å². The van der Waals surface area contributed by atoms with Crippen LogP contribution in [0.4, 0.5) is 22.0 Å². The van der Waals surface area contributed by atoms with Crippen molar-refractivity contribution < 1.29 is 22.0 Å². The molecule has 1 rings (SSSR count). The molecule has 0 aliphatic heterocycles. The minimum absolute atomic E-state index is 0.125. The van der Waals surface area contributed by atoms with E-state index in [4.69, 9.17) is 5.73 Å². The van der Waals surface area contributed by atoms with Gasteiger partial charge >= 0.3 is 6.18 Å². The summed E-state index contributed by atoms with van der Waals surface area (Å²) in [5.41, 5.74) is 4.36. The average molecular weight is 253 g/mol. The Balaban J connectivity index is 2.83. The number of alkyl halides is 5. The van der Waals surface area contributed by atoms with Gasteiger partial charge in [0.25, 0.3) is 5.92 Å². The highest BCUT2D eigenvalue weighted by molar-refractivity contribution is 5.25. The van der Waals surface area contributed by atoms with Gasteiger partial charge in [-0.2, -0.15) is 13.2 Å². The van der Waals surface area contributed by atoms with Gasteiger partial charge in [-0.1, -0.05) is 12.1 Å². The van der Waals surface area contributed by atoms with Crippen molar-refractivity contribution in [1.29, 1.82) is 0 Å². The molecule has 0 saturated heterocycles. The Morgan fingerprint density at radius 3 is 1.88 bits per heavy atom. The maximum Gasteiger partial charge on any atom is 0.416 e. The molecule has 0 radical (unpaired) electrons. The molecule has 0 aliphatic rings. The molecule has 2 N–H and O–H groups in total. The lowest BCUT2D eigenvalue weighted by Gasteiger charge is -2.20. The molecule has 17 heavy (non-hydrogen) atoms. The second-order valence-corrected chi connectivity index (χ2v) is 3.92. The Kier molecular flexibility index (Phi) is 3.76. The predicted octanol–water partition coefficient (Wildman–Crippen LogP) is 3.23. The summed E-state index contributed by atoms with van der Waals surface area (Å²) in [6, 6.07) is 2.31. The summed E-state index contributed by atoms with van der Waals surface area (Å²) in [5, 5.41) is 0. The molecule has 1 atom stereocenters. The molecule has 1 nitrogen and oxygen atoms in total. The third kappa shape index (κ3) is 3.66. The lowest BCUT2D eigenvalue weighted by atomic mass is 10.0. The van der Waals surface area contributed by atoms with Crippen LogP contribution in [0, 0.1) is 0 Å². The zero-order valence-electron chi connectivity index (χ0n) is 9.06. The summed E-state index contributed by atoms with van der Waals surface area (Å²) >= 11 is 0. The minimum Gasteiger partial charge on any atom is -0.323 e. The van der Waals surface area contributed by atoms with Crippen molar-refractivity contribution in [2.45, 2.75) is 31.5 Å². The Morgan fingerprint density at radius 1 is 1.06 bits per heavy atom. The zero-order valence-corrected chi connectivity index (χ0v) is 9.06. The van der Waals surface area contributed by atoms with E-state index in [2.05, 4.69) is 0 Å². The molecule has 0 aliphatic carbocycles. The van der Waals surface area contributed by atoms with Crippen molar-refractivity contribution in [2.24, 2.45) is 5.73 Å². The first-order chi connectivity index (χ1) is 7.63. The van der Waals surface area contributed by atoms with Crippen LogP contribution >= 0.6 is 0 Å². The van der Waals surface area contributed by atoms with E-state index < -0.39 is 30.1 Å². The van der Waals surface area contributed by atoms with E-state index in [1.807, 2.05) is 0 Å². The van der Waals surface area contributed by atoms with Crippen molar-refractivity contribution >= 4 is 0 Å². The highest BCUT2D eigenvalue weighted by atomic mass is 19.4. The van der Waals surface area contributed by atoms with Gasteiger partial charge in [-0.25, -0.2) is 8.78 Å². The summed E-state index contributed by atoms with van der Waals surface area (Å²) < 4.78 is 63.1. The third-order valence-corrected chi connectivity index (χ3v) is 2.39. The molecule has 0 bridgehead atoms. The summed E-state index contributed by atoms with van der Waals surface area (Å²) in [6.07, 6.45) is -5.12. The van der Waals surface area contributed by atoms with Gasteiger partial charge in [0.05, 0.1) is 11.6 Å². The monoisotopic (exact) mass is 253 g/mol. The maximum absolute atomic E-state index is 13.2. The minimum atomic E-state index is -4.46. The van der Waals surface area contributed by atoms with Crippen LogP contribution in [0.3, 0.4) is 0 Å². The largest absolute Gasteiger partial charge is 0.416 e. The van der Waals surface area contributed by atoms with Gasteiger partial charge in [-0.05, 0) is 24.6 Å². The Morgan fingerprint density at radius 2 is 1.53 bits per heavy atom. The number of hydrogen-bond donors (Lipinski definition) is 1. The summed E-state index contributed by atoms with van der Waals surface area (Å²) in [4.78, 5) is 0. The smallest absolute Gasteiger partial charge is 0.323 e. The molecule has 0 amide bonds. The van der Waals surface area contributed by atoms with Crippen LogP contribution in [0.25, 0.3) is 0 Å². The van der Waals surface area contributed by atoms with E-state index >= 15 is 0 Å². The fourth-order valence-electron chi connectivity index (χ4n) is 1.24. The van der Waals surface area contributed by atoms with E-state index in [-0.39, 0.29) is 5.56 Å². The molecular weight excluding hydrogens is 241 g/mol. The van der Waals surface area contributed by atoms with Crippen LogP contribution < -0.4 is 5.73 Å². The summed E-state index contributed by atoms with van der Waals surface area (Å²) in [6.45, 7) is 1.16. The molecule has 0 heterocycles. The number of hydrogen-bond acceptors (Lipinski definition) is 1. The normalized spacial score (nSPS) is 14.8. The standard InChI is InChI=1S/C11H12F5N/c1-7(17)10(12,13)6-8-2-4-9(5-3-8)11(14,15)16/h2-5,7H,6,17H2,1H3. The molecule has 1 aromatic carbocycles. The first-order valence-corrected chi connectivity index (χ1v) is 4.92. The molecule has 6 heteroatoms. The van der Waals surface area contributed by atoms with Crippen molar-refractivity contribution in [1.82, 2.24) is 0 Å². The molecule has 0 fully saturated rings. The van der Waals surface area contributed by atoms with Crippen LogP contribution in [0.1, 0.15) is 18.1 Å². The van der Waals surface area contributed by atoms with Crippen LogP contribution in [-0.4, -0.2) is 12.0 Å². The lowest BCUT2D eigenvalue weighted by molar-refractivity contribution is -0.137. The molecule has 1 unspecified atom stereocenters. The van der Waals surface area contributed by atoms with E-state index in [0.717, 1.165) is 31.2 Å². The Hall–Kier alpha value is -1.17. The predicted molar refractivity (Wildman–Crippen MR) is 53.7 cm³/mol. The second-order valence-electron chi connectivity index (χ2n) is 3.92. The van der Waals surface area contributed by atoms with E-state index in [9.17, 15) is 22.0 Å². The lowest BCUT2D eigenvalue weighted by Crippen LogP contribution is -2.40. The molecule has 0 aromatic heterocycles. The van der Waals surface area contributed by atoms with Crippen LogP contribution in [0.5, 0.6) is 0 Å². The van der Waals surface area contributed by atoms with Gasteiger partial charge in [-0.15, -0.1) is 0 Å². The Bertz CT molecular complexity index is 366. The fraction of sp³-hybridized carbons (Fsp3) is 0.455. The number of halogens is 5. The van der Waals surface area contributed by atoms with Gasteiger partial charge < -0.3 is 5.73 Å². The highest BCUT2D eigenvalue weighted by Crippen LogP contribution is 2.30. The topological polar surface area (TPSA) is 26.0 Å². The summed E-state index contributed by atoms with van der Waals surface area (Å²) in [5.74, 6) is -3.13. The van der Waals surface area contributed by atoms with E-state index in [1.165, 1.54) is 0 Å². The van der Waals surface area contributed by atoms with Crippen molar-refractivity contribution in [3.63, 3.8) is 0 Å². The summed E-state index contributed by atoms with van der Waals surface area (Å²) in [7, 11) is 0. The van der Waals surface area contributed by atoms with Crippen molar-refractivity contribution in [2.75, 3.05) is 0 Å². The third-order valence-electron chi connectivity index (χ3n) is 2.39. The van der Waals surface area contributed by atoms with Gasteiger partial charge in [0, 0.05) is 6.42 Å². The first-order valence-electron chi connectivity index (χ1n) is 4.92. The van der Waals surface area contributed by atoms with Gasteiger partial charge in [0.15, 0.2) is 0 Å². The quantitative estimate of drug-likeness (QED) is 0.822. The molecule has 0 spiro atoms. The average Bonchev–Trinajstić information content (AvgIpc) is 2.16. The highest BCUT2D eigenvalue weighted by Gasteiger charge is 2.34. The molecule has 96 valence electrons. The second kappa shape index (κ2) is 4.60. The zero-order chi connectivity index (χ0) is 13.3. The molecule has 1 aromatic rings. The van der Waals surface area contributed by atoms with Gasteiger partial charge in [0.1, 0.15) is 0 Å². The fourth-order valence-corrected chi connectivity index (χ4v) is 1.24. The number of benzene rings is 1. The number of rotatable bonds is 3. The van der Waals surface area contributed by atoms with E-state index in [0.29, 0.717) is 0 Å². The van der Waals surface area contributed by atoms with Crippen molar-refractivity contribution in [3.05, 3.63) is 35.4 Å². The molecule has 0 saturated carbocycles.